The topological polar surface area (TPSA) is 68.3 Å². The summed E-state index contributed by atoms with van der Waals surface area (Å²) in [6, 6.07) is 7.53. The SMILES string of the molecule is CCNC(=NCc1ccn[nH]1)NC1CCN(Cc2ccc(C(F)(F)F)cc2)C1.I. The van der Waals surface area contributed by atoms with Gasteiger partial charge in [0.15, 0.2) is 5.96 Å². The van der Waals surface area contributed by atoms with Crippen LogP contribution in [0.5, 0.6) is 0 Å². The first-order valence-electron chi connectivity index (χ1n) is 9.35. The lowest BCUT2D eigenvalue weighted by Gasteiger charge is -2.19. The average molecular weight is 522 g/mol. The van der Waals surface area contributed by atoms with Crippen molar-refractivity contribution in [1.82, 2.24) is 25.7 Å². The van der Waals surface area contributed by atoms with Crippen molar-refractivity contribution in [2.45, 2.75) is 38.7 Å². The summed E-state index contributed by atoms with van der Waals surface area (Å²) in [6.45, 7) is 5.62. The van der Waals surface area contributed by atoms with Crippen molar-refractivity contribution < 1.29 is 13.2 Å². The highest BCUT2D eigenvalue weighted by Crippen LogP contribution is 2.29. The van der Waals surface area contributed by atoms with Gasteiger partial charge in [-0.2, -0.15) is 18.3 Å². The van der Waals surface area contributed by atoms with Crippen LogP contribution in [-0.4, -0.2) is 46.7 Å². The van der Waals surface area contributed by atoms with Gasteiger partial charge in [-0.3, -0.25) is 10.00 Å². The van der Waals surface area contributed by atoms with Gasteiger partial charge in [-0.25, -0.2) is 4.99 Å². The summed E-state index contributed by atoms with van der Waals surface area (Å²) in [5, 5.41) is 13.5. The number of hydrogen-bond donors (Lipinski definition) is 3. The summed E-state index contributed by atoms with van der Waals surface area (Å²) in [6.07, 6.45) is -1.64. The number of aromatic nitrogens is 2. The fourth-order valence-electron chi connectivity index (χ4n) is 3.20. The van der Waals surface area contributed by atoms with E-state index in [1.54, 1.807) is 18.3 Å². The minimum absolute atomic E-state index is 0. The Morgan fingerprint density at radius 1 is 1.28 bits per heavy atom. The van der Waals surface area contributed by atoms with Crippen LogP contribution in [0.25, 0.3) is 0 Å². The summed E-state index contributed by atoms with van der Waals surface area (Å²) in [7, 11) is 0. The van der Waals surface area contributed by atoms with E-state index in [9.17, 15) is 13.2 Å². The summed E-state index contributed by atoms with van der Waals surface area (Å²) < 4.78 is 38.0. The Kier molecular flexibility index (Phi) is 8.75. The minimum Gasteiger partial charge on any atom is -0.357 e. The number of rotatable bonds is 6. The molecule has 3 rings (SSSR count). The van der Waals surface area contributed by atoms with Crippen molar-refractivity contribution in [2.75, 3.05) is 19.6 Å². The lowest BCUT2D eigenvalue weighted by Crippen LogP contribution is -2.44. The first-order chi connectivity index (χ1) is 13.4. The van der Waals surface area contributed by atoms with Gasteiger partial charge < -0.3 is 10.6 Å². The normalized spacial score (nSPS) is 17.8. The number of alkyl halides is 3. The Bertz CT molecular complexity index is 761. The zero-order valence-electron chi connectivity index (χ0n) is 16.2. The highest BCUT2D eigenvalue weighted by molar-refractivity contribution is 14.0. The average Bonchev–Trinajstić information content (AvgIpc) is 3.32. The van der Waals surface area contributed by atoms with E-state index in [-0.39, 0.29) is 30.0 Å². The number of H-pyrrole nitrogens is 1. The molecule has 1 aliphatic rings. The van der Waals surface area contributed by atoms with Crippen LogP contribution >= 0.6 is 24.0 Å². The van der Waals surface area contributed by atoms with Crippen molar-refractivity contribution in [2.24, 2.45) is 4.99 Å². The highest BCUT2D eigenvalue weighted by Gasteiger charge is 2.30. The van der Waals surface area contributed by atoms with Gasteiger partial charge in [0, 0.05) is 38.4 Å². The minimum atomic E-state index is -4.29. The molecule has 2 aromatic rings. The summed E-state index contributed by atoms with van der Waals surface area (Å²) >= 11 is 0. The van der Waals surface area contributed by atoms with Gasteiger partial charge in [0.05, 0.1) is 17.8 Å². The number of likely N-dealkylation sites (tertiary alicyclic amines) is 1. The van der Waals surface area contributed by atoms with E-state index >= 15 is 0 Å². The first kappa shape index (κ1) is 23.5. The third kappa shape index (κ3) is 7.18. The smallest absolute Gasteiger partial charge is 0.357 e. The molecule has 3 N–H and O–H groups in total. The molecule has 0 spiro atoms. The molecule has 29 heavy (non-hydrogen) atoms. The third-order valence-corrected chi connectivity index (χ3v) is 4.61. The molecule has 0 amide bonds. The van der Waals surface area contributed by atoms with Crippen molar-refractivity contribution in [1.29, 1.82) is 0 Å². The molecule has 6 nitrogen and oxygen atoms in total. The van der Waals surface area contributed by atoms with Crippen molar-refractivity contribution >= 4 is 29.9 Å². The lowest BCUT2D eigenvalue weighted by molar-refractivity contribution is -0.137. The van der Waals surface area contributed by atoms with E-state index in [0.29, 0.717) is 13.1 Å². The molecular weight excluding hydrogens is 496 g/mol. The monoisotopic (exact) mass is 522 g/mol. The van der Waals surface area contributed by atoms with Crippen molar-refractivity contribution in [3.63, 3.8) is 0 Å². The maximum atomic E-state index is 12.7. The second kappa shape index (κ2) is 10.8. The van der Waals surface area contributed by atoms with Gasteiger partial charge in [0.2, 0.25) is 0 Å². The van der Waals surface area contributed by atoms with E-state index in [0.717, 1.165) is 55.4 Å². The standard InChI is InChI=1S/C19H25F3N6.HI/c1-2-23-18(24-11-16-7-9-25-27-16)26-17-8-10-28(13-17)12-14-3-5-15(6-4-14)19(20,21)22;/h3-7,9,17H,2,8,10-13H2,1H3,(H,25,27)(H2,23,24,26);1H. The molecule has 1 atom stereocenters. The number of benzene rings is 1. The molecule has 1 fully saturated rings. The molecule has 0 radical (unpaired) electrons. The van der Waals surface area contributed by atoms with Gasteiger partial charge in [-0.05, 0) is 37.1 Å². The molecule has 1 aromatic carbocycles. The molecule has 0 saturated carbocycles. The van der Waals surface area contributed by atoms with Gasteiger partial charge in [-0.15, -0.1) is 24.0 Å². The van der Waals surface area contributed by atoms with E-state index < -0.39 is 11.7 Å². The molecular formula is C19H26F3IN6. The van der Waals surface area contributed by atoms with Crippen molar-refractivity contribution in [3.05, 3.63) is 53.3 Å². The van der Waals surface area contributed by atoms with Crippen LogP contribution in [0.3, 0.4) is 0 Å². The van der Waals surface area contributed by atoms with E-state index in [1.807, 2.05) is 13.0 Å². The lowest BCUT2D eigenvalue weighted by atomic mass is 10.1. The molecule has 1 aromatic heterocycles. The molecule has 0 aliphatic carbocycles. The molecule has 160 valence electrons. The molecule has 2 heterocycles. The Balaban J connectivity index is 0.00000300. The number of hydrogen-bond acceptors (Lipinski definition) is 3. The van der Waals surface area contributed by atoms with E-state index in [1.165, 1.54) is 0 Å². The zero-order valence-corrected chi connectivity index (χ0v) is 18.5. The van der Waals surface area contributed by atoms with Gasteiger partial charge in [0.25, 0.3) is 0 Å². The Hall–Kier alpha value is -1.82. The van der Waals surface area contributed by atoms with Crippen LogP contribution in [0.15, 0.2) is 41.5 Å². The molecule has 1 saturated heterocycles. The first-order valence-corrected chi connectivity index (χ1v) is 9.35. The number of aliphatic imine (C=N–C) groups is 1. The maximum Gasteiger partial charge on any atom is 0.416 e. The van der Waals surface area contributed by atoms with E-state index in [2.05, 4.69) is 30.7 Å². The second-order valence-corrected chi connectivity index (χ2v) is 6.84. The number of aromatic amines is 1. The molecule has 1 aliphatic heterocycles. The number of halogens is 4. The summed E-state index contributed by atoms with van der Waals surface area (Å²) in [4.78, 5) is 6.79. The van der Waals surface area contributed by atoms with Crippen LogP contribution in [-0.2, 0) is 19.3 Å². The number of guanidine groups is 1. The predicted octanol–water partition coefficient (Wildman–Crippen LogP) is 3.38. The van der Waals surface area contributed by atoms with Crippen LogP contribution in [0.4, 0.5) is 13.2 Å². The largest absolute Gasteiger partial charge is 0.416 e. The number of nitrogens with zero attached hydrogens (tertiary/aromatic N) is 3. The molecule has 10 heteroatoms. The molecule has 0 bridgehead atoms. The summed E-state index contributed by atoms with van der Waals surface area (Å²) in [5.74, 6) is 0.749. The fraction of sp³-hybridized carbons (Fsp3) is 0.474. The quantitative estimate of drug-likeness (QED) is 0.309. The van der Waals surface area contributed by atoms with Crippen LogP contribution in [0.1, 0.15) is 30.2 Å². The predicted molar refractivity (Wildman–Crippen MR) is 117 cm³/mol. The van der Waals surface area contributed by atoms with Crippen LogP contribution in [0.2, 0.25) is 0 Å². The Morgan fingerprint density at radius 3 is 2.66 bits per heavy atom. The molecule has 1 unspecified atom stereocenters. The zero-order chi connectivity index (χ0) is 20.0. The summed E-state index contributed by atoms with van der Waals surface area (Å²) in [5.41, 5.74) is 1.21. The highest BCUT2D eigenvalue weighted by atomic mass is 127. The van der Waals surface area contributed by atoms with E-state index in [4.69, 9.17) is 0 Å². The third-order valence-electron chi connectivity index (χ3n) is 4.61. The second-order valence-electron chi connectivity index (χ2n) is 6.84. The van der Waals surface area contributed by atoms with Gasteiger partial charge in [-0.1, -0.05) is 12.1 Å². The van der Waals surface area contributed by atoms with Gasteiger partial charge >= 0.3 is 6.18 Å². The van der Waals surface area contributed by atoms with Crippen molar-refractivity contribution in [3.8, 4) is 0 Å². The Labute approximate surface area is 185 Å². The number of nitrogens with one attached hydrogen (secondary N) is 3. The van der Waals surface area contributed by atoms with Crippen LogP contribution < -0.4 is 10.6 Å². The fourth-order valence-corrected chi connectivity index (χ4v) is 3.20. The Morgan fingerprint density at radius 2 is 2.03 bits per heavy atom. The maximum absolute atomic E-state index is 12.7. The van der Waals surface area contributed by atoms with Gasteiger partial charge in [0.1, 0.15) is 0 Å². The van der Waals surface area contributed by atoms with Crippen LogP contribution in [0, 0.1) is 0 Å².